The molecule has 2 heteroatoms. The maximum absolute atomic E-state index is 11.2. The highest BCUT2D eigenvalue weighted by Gasteiger charge is 2.68. The molecule has 1 spiro atoms. The Labute approximate surface area is 72.3 Å². The molecule has 0 heterocycles. The molecule has 2 saturated carbocycles. The van der Waals surface area contributed by atoms with E-state index in [1.54, 1.807) is 0 Å². The highest BCUT2D eigenvalue weighted by atomic mass is 16.2. The smallest absolute Gasteiger partial charge is 0.213 e. The van der Waals surface area contributed by atoms with Crippen molar-refractivity contribution in [2.24, 2.45) is 11.3 Å². The monoisotopic (exact) mass is 166 g/mol. The number of hydrogen-bond acceptors (Lipinski definition) is 2. The van der Waals surface area contributed by atoms with Gasteiger partial charge in [-0.15, -0.1) is 0 Å². The van der Waals surface area contributed by atoms with Crippen LogP contribution in [0.4, 0.5) is 0 Å². The highest BCUT2D eigenvalue weighted by Crippen LogP contribution is 2.54. The first-order chi connectivity index (χ1) is 5.73. The van der Waals surface area contributed by atoms with Crippen LogP contribution in [0.25, 0.3) is 0 Å². The van der Waals surface area contributed by atoms with Crippen molar-refractivity contribution in [3.05, 3.63) is 0 Å². The van der Waals surface area contributed by atoms with Crippen LogP contribution in [0, 0.1) is 11.3 Å². The van der Waals surface area contributed by atoms with E-state index in [2.05, 4.69) is 6.92 Å². The van der Waals surface area contributed by atoms with E-state index in [4.69, 9.17) is 0 Å². The first-order valence-corrected chi connectivity index (χ1v) is 4.82. The minimum absolute atomic E-state index is 0.0750. The molecule has 2 aliphatic carbocycles. The Morgan fingerprint density at radius 2 is 2.00 bits per heavy atom. The van der Waals surface area contributed by atoms with Crippen LogP contribution in [0.3, 0.4) is 0 Å². The van der Waals surface area contributed by atoms with Crippen LogP contribution < -0.4 is 0 Å². The predicted octanol–water partition coefficient (Wildman–Crippen LogP) is 1.72. The molecule has 2 aliphatic rings. The first-order valence-electron chi connectivity index (χ1n) is 4.82. The molecule has 0 saturated heterocycles. The minimum Gasteiger partial charge on any atom is -0.290 e. The van der Waals surface area contributed by atoms with Crippen LogP contribution in [0.2, 0.25) is 0 Å². The van der Waals surface area contributed by atoms with Gasteiger partial charge in [-0.05, 0) is 18.8 Å². The molecule has 0 aromatic carbocycles. The molecule has 1 unspecified atom stereocenters. The van der Waals surface area contributed by atoms with Gasteiger partial charge in [-0.25, -0.2) is 0 Å². The lowest BCUT2D eigenvalue weighted by molar-refractivity contribution is -0.122. The van der Waals surface area contributed by atoms with E-state index < -0.39 is 5.41 Å². The average molecular weight is 166 g/mol. The minimum atomic E-state index is -0.465. The summed E-state index contributed by atoms with van der Waals surface area (Å²) in [5.41, 5.74) is -0.465. The van der Waals surface area contributed by atoms with Crippen LogP contribution in [0.1, 0.15) is 39.0 Å². The van der Waals surface area contributed by atoms with Crippen LogP contribution in [0.5, 0.6) is 0 Å². The molecule has 0 amide bonds. The first kappa shape index (κ1) is 7.96. The number of ketones is 2. The van der Waals surface area contributed by atoms with Gasteiger partial charge in [-0.2, -0.15) is 0 Å². The topological polar surface area (TPSA) is 34.1 Å². The Balaban J connectivity index is 2.23. The largest absolute Gasteiger partial charge is 0.290 e. The van der Waals surface area contributed by atoms with Crippen molar-refractivity contribution in [2.75, 3.05) is 0 Å². The van der Waals surface area contributed by atoms with E-state index in [0.717, 1.165) is 25.7 Å². The van der Waals surface area contributed by atoms with E-state index in [0.29, 0.717) is 5.92 Å². The third-order valence-electron chi connectivity index (χ3n) is 3.52. The van der Waals surface area contributed by atoms with Crippen molar-refractivity contribution in [1.29, 1.82) is 0 Å². The molecule has 0 aromatic rings. The zero-order chi connectivity index (χ0) is 8.77. The summed E-state index contributed by atoms with van der Waals surface area (Å²) in [5, 5.41) is 0. The summed E-state index contributed by atoms with van der Waals surface area (Å²) in [4.78, 5) is 22.4. The molecule has 0 bridgehead atoms. The molecule has 2 nitrogen and oxygen atoms in total. The van der Waals surface area contributed by atoms with Crippen molar-refractivity contribution in [1.82, 2.24) is 0 Å². The molecule has 2 rings (SSSR count). The fourth-order valence-electron chi connectivity index (χ4n) is 2.68. The molecule has 12 heavy (non-hydrogen) atoms. The van der Waals surface area contributed by atoms with Gasteiger partial charge in [0.25, 0.3) is 0 Å². The molecular weight excluding hydrogens is 152 g/mol. The van der Waals surface area contributed by atoms with E-state index in [-0.39, 0.29) is 11.6 Å². The van der Waals surface area contributed by atoms with Crippen LogP contribution in [0.15, 0.2) is 0 Å². The van der Waals surface area contributed by atoms with Crippen LogP contribution in [-0.4, -0.2) is 11.6 Å². The molecule has 0 N–H and O–H groups in total. The van der Waals surface area contributed by atoms with Gasteiger partial charge in [0, 0.05) is 0 Å². The predicted molar refractivity (Wildman–Crippen MR) is 44.7 cm³/mol. The van der Waals surface area contributed by atoms with Crippen LogP contribution >= 0.6 is 0 Å². The number of rotatable bonds is 1. The third kappa shape index (κ3) is 0.755. The second-order valence-electron chi connectivity index (χ2n) is 3.98. The molecule has 0 radical (unpaired) electrons. The highest BCUT2D eigenvalue weighted by molar-refractivity contribution is 6.63. The maximum atomic E-state index is 11.2. The lowest BCUT2D eigenvalue weighted by Crippen LogP contribution is -2.23. The zero-order valence-corrected chi connectivity index (χ0v) is 7.43. The standard InChI is InChI=1S/C10H14O2/c1-2-7-5-3-4-6-10(7)8(11)9(10)12/h7H,2-6H2,1H3. The second kappa shape index (κ2) is 2.41. The van der Waals surface area contributed by atoms with Gasteiger partial charge in [-0.3, -0.25) is 9.59 Å². The Morgan fingerprint density at radius 3 is 2.42 bits per heavy atom. The van der Waals surface area contributed by atoms with E-state index in [1.165, 1.54) is 6.42 Å². The van der Waals surface area contributed by atoms with Gasteiger partial charge >= 0.3 is 0 Å². The number of hydrogen-bond donors (Lipinski definition) is 0. The Morgan fingerprint density at radius 1 is 1.33 bits per heavy atom. The SMILES string of the molecule is CCC1CCCCC12C(=O)C2=O. The molecular formula is C10H14O2. The summed E-state index contributed by atoms with van der Waals surface area (Å²) in [5.74, 6) is 0.217. The molecule has 0 aromatic heterocycles. The van der Waals surface area contributed by atoms with Crippen molar-refractivity contribution in [2.45, 2.75) is 39.0 Å². The fourth-order valence-corrected chi connectivity index (χ4v) is 2.68. The summed E-state index contributed by atoms with van der Waals surface area (Å²) >= 11 is 0. The van der Waals surface area contributed by atoms with Gasteiger partial charge < -0.3 is 0 Å². The van der Waals surface area contributed by atoms with Crippen molar-refractivity contribution < 1.29 is 9.59 Å². The van der Waals surface area contributed by atoms with Crippen molar-refractivity contribution >= 4 is 11.6 Å². The summed E-state index contributed by atoms with van der Waals surface area (Å²) in [6, 6.07) is 0. The Bertz CT molecular complexity index is 228. The molecule has 66 valence electrons. The number of Topliss-reactive ketones (excluding diaryl/α,β-unsaturated/α-hetero) is 2. The average Bonchev–Trinajstić information content (AvgIpc) is 2.60. The third-order valence-corrected chi connectivity index (χ3v) is 3.52. The van der Waals surface area contributed by atoms with Gasteiger partial charge in [0.1, 0.15) is 5.41 Å². The van der Waals surface area contributed by atoms with Gasteiger partial charge in [0.05, 0.1) is 0 Å². The van der Waals surface area contributed by atoms with E-state index in [1.807, 2.05) is 0 Å². The van der Waals surface area contributed by atoms with Crippen molar-refractivity contribution in [3.63, 3.8) is 0 Å². The van der Waals surface area contributed by atoms with Crippen LogP contribution in [-0.2, 0) is 9.59 Å². The lowest BCUT2D eigenvalue weighted by Gasteiger charge is -2.26. The molecule has 2 fully saturated rings. The number of carbonyl (C=O) groups is 2. The van der Waals surface area contributed by atoms with E-state index >= 15 is 0 Å². The van der Waals surface area contributed by atoms with Gasteiger partial charge in [-0.1, -0.05) is 26.2 Å². The molecule has 1 atom stereocenters. The van der Waals surface area contributed by atoms with Crippen molar-refractivity contribution in [3.8, 4) is 0 Å². The van der Waals surface area contributed by atoms with E-state index in [9.17, 15) is 9.59 Å². The van der Waals surface area contributed by atoms with Gasteiger partial charge in [0.2, 0.25) is 11.6 Å². The quantitative estimate of drug-likeness (QED) is 0.439. The van der Waals surface area contributed by atoms with Gasteiger partial charge in [0.15, 0.2) is 0 Å². The normalized spacial score (nSPS) is 32.6. The summed E-state index contributed by atoms with van der Waals surface area (Å²) in [6.45, 7) is 2.08. The summed E-state index contributed by atoms with van der Waals surface area (Å²) < 4.78 is 0. The zero-order valence-electron chi connectivity index (χ0n) is 7.43. The Hall–Kier alpha value is -0.660. The summed E-state index contributed by atoms with van der Waals surface area (Å²) in [6.07, 6.45) is 5.16. The Kier molecular flexibility index (Phi) is 1.60. The maximum Gasteiger partial charge on any atom is 0.213 e. The molecule has 0 aliphatic heterocycles. The fraction of sp³-hybridized carbons (Fsp3) is 0.800. The summed E-state index contributed by atoms with van der Waals surface area (Å²) in [7, 11) is 0. The number of carbonyl (C=O) groups excluding carboxylic acids is 2. The lowest BCUT2D eigenvalue weighted by atomic mass is 9.75. The second-order valence-corrected chi connectivity index (χ2v) is 3.98.